The fraction of sp³-hybridized carbons (Fsp3) is 0.647. The summed E-state index contributed by atoms with van der Waals surface area (Å²) in [6.45, 7) is 11.0. The van der Waals surface area contributed by atoms with Gasteiger partial charge >= 0.3 is 0 Å². The highest BCUT2D eigenvalue weighted by Gasteiger charge is 2.17. The summed E-state index contributed by atoms with van der Waals surface area (Å²) >= 11 is 0. The molecule has 120 valence electrons. The Morgan fingerprint density at radius 1 is 1.10 bits per heavy atom. The number of rotatable bonds is 11. The molecular formula is C17H30N2O2. The first kappa shape index (κ1) is 18.0. The number of hydrogen-bond acceptors (Lipinski definition) is 4. The molecule has 1 aromatic rings. The number of nitrogens with two attached hydrogens (primary N) is 1. The van der Waals surface area contributed by atoms with Crippen molar-refractivity contribution in [1.29, 1.82) is 0 Å². The molecule has 0 saturated heterocycles. The molecule has 0 aromatic heterocycles. The van der Waals surface area contributed by atoms with E-state index in [-0.39, 0.29) is 6.04 Å². The average molecular weight is 294 g/mol. The molecule has 1 aromatic carbocycles. The van der Waals surface area contributed by atoms with Crippen LogP contribution in [0.15, 0.2) is 24.3 Å². The molecule has 2 N–H and O–H groups in total. The van der Waals surface area contributed by atoms with Crippen LogP contribution in [0.4, 0.5) is 0 Å². The Morgan fingerprint density at radius 2 is 1.81 bits per heavy atom. The van der Waals surface area contributed by atoms with E-state index >= 15 is 0 Å². The van der Waals surface area contributed by atoms with Crippen molar-refractivity contribution in [2.24, 2.45) is 5.73 Å². The highest BCUT2D eigenvalue weighted by molar-refractivity contribution is 5.29. The standard InChI is InChI=1S/C17H30N2O2/c1-4-12-21-16-9-7-15(8-10-16)17(14-18)19(5-2)11-13-20-6-3/h7-10,17H,4-6,11-14,18H2,1-3H3. The van der Waals surface area contributed by atoms with Crippen LogP contribution in [0.2, 0.25) is 0 Å². The normalized spacial score (nSPS) is 12.6. The quantitative estimate of drug-likeness (QED) is 0.638. The zero-order valence-electron chi connectivity index (χ0n) is 13.7. The van der Waals surface area contributed by atoms with E-state index in [4.69, 9.17) is 15.2 Å². The molecule has 0 bridgehead atoms. The minimum absolute atomic E-state index is 0.232. The maximum absolute atomic E-state index is 5.99. The number of nitrogens with zero attached hydrogens (tertiary/aromatic N) is 1. The third-order valence-electron chi connectivity index (χ3n) is 3.53. The largest absolute Gasteiger partial charge is 0.494 e. The first-order chi connectivity index (χ1) is 10.3. The molecule has 0 spiro atoms. The van der Waals surface area contributed by atoms with Crippen molar-refractivity contribution < 1.29 is 9.47 Å². The van der Waals surface area contributed by atoms with Crippen molar-refractivity contribution in [3.63, 3.8) is 0 Å². The molecule has 0 heterocycles. The maximum Gasteiger partial charge on any atom is 0.119 e. The van der Waals surface area contributed by atoms with Crippen molar-refractivity contribution in [1.82, 2.24) is 4.90 Å². The summed E-state index contributed by atoms with van der Waals surface area (Å²) in [5.41, 5.74) is 7.23. The molecule has 1 rings (SSSR count). The van der Waals surface area contributed by atoms with Crippen molar-refractivity contribution in [2.75, 3.05) is 39.5 Å². The fourth-order valence-corrected chi connectivity index (χ4v) is 2.36. The SMILES string of the molecule is CCCOc1ccc(C(CN)N(CC)CCOCC)cc1. The van der Waals surface area contributed by atoms with Crippen LogP contribution in [0.25, 0.3) is 0 Å². The minimum atomic E-state index is 0.232. The molecule has 21 heavy (non-hydrogen) atoms. The van der Waals surface area contributed by atoms with Crippen LogP contribution in [0, 0.1) is 0 Å². The van der Waals surface area contributed by atoms with Crippen LogP contribution in [0.5, 0.6) is 5.75 Å². The zero-order chi connectivity index (χ0) is 15.5. The Hall–Kier alpha value is -1.10. The molecule has 4 nitrogen and oxygen atoms in total. The Balaban J connectivity index is 2.68. The molecule has 0 aliphatic heterocycles. The molecule has 0 radical (unpaired) electrons. The van der Waals surface area contributed by atoms with Gasteiger partial charge in [0.1, 0.15) is 5.75 Å². The van der Waals surface area contributed by atoms with Crippen LogP contribution in [-0.4, -0.2) is 44.4 Å². The van der Waals surface area contributed by atoms with Crippen LogP contribution >= 0.6 is 0 Å². The van der Waals surface area contributed by atoms with Gasteiger partial charge in [0.2, 0.25) is 0 Å². The van der Waals surface area contributed by atoms with Gasteiger partial charge in [-0.15, -0.1) is 0 Å². The fourth-order valence-electron chi connectivity index (χ4n) is 2.36. The Morgan fingerprint density at radius 3 is 2.33 bits per heavy atom. The Bertz CT molecular complexity index is 368. The van der Waals surface area contributed by atoms with Crippen LogP contribution < -0.4 is 10.5 Å². The summed E-state index contributed by atoms with van der Waals surface area (Å²) in [6, 6.07) is 8.53. The first-order valence-corrected chi connectivity index (χ1v) is 8.01. The average Bonchev–Trinajstić information content (AvgIpc) is 2.53. The van der Waals surface area contributed by atoms with Gasteiger partial charge in [-0.25, -0.2) is 0 Å². The monoisotopic (exact) mass is 294 g/mol. The van der Waals surface area contributed by atoms with Gasteiger partial charge in [0, 0.05) is 25.7 Å². The Labute approximate surface area is 129 Å². The molecule has 4 heteroatoms. The predicted molar refractivity (Wildman–Crippen MR) is 87.8 cm³/mol. The smallest absolute Gasteiger partial charge is 0.119 e. The summed E-state index contributed by atoms with van der Waals surface area (Å²) in [6.07, 6.45) is 1.02. The van der Waals surface area contributed by atoms with Gasteiger partial charge in [0.05, 0.1) is 13.2 Å². The maximum atomic E-state index is 5.99. The topological polar surface area (TPSA) is 47.7 Å². The Kier molecular flexibility index (Phi) is 9.06. The summed E-state index contributed by atoms with van der Waals surface area (Å²) in [4.78, 5) is 2.36. The van der Waals surface area contributed by atoms with E-state index in [0.29, 0.717) is 6.54 Å². The van der Waals surface area contributed by atoms with Crippen molar-refractivity contribution in [3.8, 4) is 5.75 Å². The molecule has 0 amide bonds. The number of ether oxygens (including phenoxy) is 2. The number of benzene rings is 1. The summed E-state index contributed by atoms with van der Waals surface area (Å²) in [7, 11) is 0. The lowest BCUT2D eigenvalue weighted by Crippen LogP contribution is -2.36. The van der Waals surface area contributed by atoms with Crippen LogP contribution in [-0.2, 0) is 4.74 Å². The van der Waals surface area contributed by atoms with Gasteiger partial charge in [0.15, 0.2) is 0 Å². The van der Waals surface area contributed by atoms with E-state index in [1.807, 2.05) is 19.1 Å². The number of hydrogen-bond donors (Lipinski definition) is 1. The second kappa shape index (κ2) is 10.6. The van der Waals surface area contributed by atoms with Crippen molar-refractivity contribution in [3.05, 3.63) is 29.8 Å². The summed E-state index contributed by atoms with van der Waals surface area (Å²) < 4.78 is 11.1. The predicted octanol–water partition coefficient (Wildman–Crippen LogP) is 2.83. The molecule has 0 fully saturated rings. The van der Waals surface area contributed by atoms with Gasteiger partial charge in [-0.2, -0.15) is 0 Å². The first-order valence-electron chi connectivity index (χ1n) is 8.01. The molecule has 0 aliphatic carbocycles. The van der Waals surface area contributed by atoms with Gasteiger partial charge in [0.25, 0.3) is 0 Å². The van der Waals surface area contributed by atoms with Gasteiger partial charge in [-0.1, -0.05) is 26.0 Å². The number of likely N-dealkylation sites (N-methyl/N-ethyl adjacent to an activating group) is 1. The highest BCUT2D eigenvalue weighted by Crippen LogP contribution is 2.22. The van der Waals surface area contributed by atoms with E-state index < -0.39 is 0 Å². The summed E-state index contributed by atoms with van der Waals surface area (Å²) in [5, 5.41) is 0. The van der Waals surface area contributed by atoms with Crippen LogP contribution in [0.1, 0.15) is 38.8 Å². The molecule has 0 aliphatic rings. The van der Waals surface area contributed by atoms with Gasteiger partial charge in [-0.05, 0) is 37.6 Å². The molecule has 1 unspecified atom stereocenters. The van der Waals surface area contributed by atoms with Gasteiger partial charge < -0.3 is 15.2 Å². The zero-order valence-corrected chi connectivity index (χ0v) is 13.7. The van der Waals surface area contributed by atoms with E-state index in [1.54, 1.807) is 0 Å². The van der Waals surface area contributed by atoms with E-state index in [9.17, 15) is 0 Å². The lowest BCUT2D eigenvalue weighted by molar-refractivity contribution is 0.0980. The molecule has 0 saturated carbocycles. The second-order valence-corrected chi connectivity index (χ2v) is 4.99. The molecule has 1 atom stereocenters. The van der Waals surface area contributed by atoms with E-state index in [1.165, 1.54) is 5.56 Å². The molecular weight excluding hydrogens is 264 g/mol. The second-order valence-electron chi connectivity index (χ2n) is 4.99. The van der Waals surface area contributed by atoms with E-state index in [2.05, 4.69) is 30.9 Å². The lowest BCUT2D eigenvalue weighted by Gasteiger charge is -2.30. The highest BCUT2D eigenvalue weighted by atomic mass is 16.5. The van der Waals surface area contributed by atoms with Crippen LogP contribution in [0.3, 0.4) is 0 Å². The van der Waals surface area contributed by atoms with E-state index in [0.717, 1.165) is 45.1 Å². The van der Waals surface area contributed by atoms with Crippen molar-refractivity contribution in [2.45, 2.75) is 33.2 Å². The third kappa shape index (κ3) is 6.04. The minimum Gasteiger partial charge on any atom is -0.494 e. The third-order valence-corrected chi connectivity index (χ3v) is 3.53. The lowest BCUT2D eigenvalue weighted by atomic mass is 10.1. The van der Waals surface area contributed by atoms with Gasteiger partial charge in [-0.3, -0.25) is 4.90 Å². The summed E-state index contributed by atoms with van der Waals surface area (Å²) in [5.74, 6) is 0.925. The van der Waals surface area contributed by atoms with Crippen molar-refractivity contribution >= 4 is 0 Å².